The highest BCUT2D eigenvalue weighted by Gasteiger charge is 2.09. The number of imidazole rings is 1. The molecule has 0 radical (unpaired) electrons. The normalized spacial score (nSPS) is 11.8. The van der Waals surface area contributed by atoms with Crippen LogP contribution in [0.2, 0.25) is 0 Å². The third-order valence-electron chi connectivity index (χ3n) is 3.44. The van der Waals surface area contributed by atoms with Gasteiger partial charge >= 0.3 is 0 Å². The zero-order valence-electron chi connectivity index (χ0n) is 13.7. The maximum Gasteiger partial charge on any atom is 0.108 e. The first-order valence-corrected chi connectivity index (χ1v) is 7.81. The van der Waals surface area contributed by atoms with Gasteiger partial charge in [-0.25, -0.2) is 4.98 Å². The fourth-order valence-corrected chi connectivity index (χ4v) is 2.34. The lowest BCUT2D eigenvalue weighted by Gasteiger charge is -2.20. The second kappa shape index (κ2) is 6.90. The molecule has 3 nitrogen and oxygen atoms in total. The molecule has 1 aromatic carbocycles. The van der Waals surface area contributed by atoms with Gasteiger partial charge in [-0.15, -0.1) is 0 Å². The molecule has 2 aromatic rings. The smallest absolute Gasteiger partial charge is 0.108 e. The summed E-state index contributed by atoms with van der Waals surface area (Å²) in [6.45, 7) is 10.6. The Morgan fingerprint density at radius 2 is 1.95 bits per heavy atom. The maximum atomic E-state index is 4.44. The summed E-state index contributed by atoms with van der Waals surface area (Å²) in [7, 11) is 0. The molecule has 0 atom stereocenters. The van der Waals surface area contributed by atoms with Crippen molar-refractivity contribution in [3.05, 3.63) is 53.6 Å². The maximum absolute atomic E-state index is 4.44. The number of benzene rings is 1. The first kappa shape index (κ1) is 15.8. The Morgan fingerprint density at radius 3 is 2.67 bits per heavy atom. The minimum absolute atomic E-state index is 0.147. The van der Waals surface area contributed by atoms with Gasteiger partial charge in [-0.05, 0) is 38.3 Å². The van der Waals surface area contributed by atoms with Crippen molar-refractivity contribution in [2.75, 3.05) is 0 Å². The molecule has 0 saturated carbocycles. The molecule has 0 amide bonds. The third-order valence-corrected chi connectivity index (χ3v) is 3.44. The molecule has 0 saturated heterocycles. The monoisotopic (exact) mass is 285 g/mol. The van der Waals surface area contributed by atoms with Crippen molar-refractivity contribution in [1.82, 2.24) is 14.9 Å². The van der Waals surface area contributed by atoms with Crippen LogP contribution in [-0.2, 0) is 19.5 Å². The number of aromatic nitrogens is 2. The topological polar surface area (TPSA) is 29.9 Å². The Hall–Kier alpha value is -1.61. The van der Waals surface area contributed by atoms with E-state index in [-0.39, 0.29) is 5.54 Å². The minimum Gasteiger partial charge on any atom is -0.331 e. The van der Waals surface area contributed by atoms with Crippen molar-refractivity contribution in [2.45, 2.75) is 59.2 Å². The molecule has 1 aromatic heterocycles. The fraction of sp³-hybridized carbons (Fsp3) is 0.500. The highest BCUT2D eigenvalue weighted by Crippen LogP contribution is 2.11. The molecular formula is C18H27N3. The van der Waals surface area contributed by atoms with Gasteiger partial charge in [0.1, 0.15) is 5.82 Å². The molecule has 0 spiro atoms. The van der Waals surface area contributed by atoms with Gasteiger partial charge < -0.3 is 9.88 Å². The van der Waals surface area contributed by atoms with Gasteiger partial charge in [0.2, 0.25) is 0 Å². The molecule has 2 rings (SSSR count). The summed E-state index contributed by atoms with van der Waals surface area (Å²) in [6.07, 6.45) is 6.14. The van der Waals surface area contributed by atoms with Crippen molar-refractivity contribution in [2.24, 2.45) is 0 Å². The standard InChI is InChI=1S/C18H27N3/c1-5-7-17-19-10-11-21(17)14-16-9-6-8-15(12-16)13-20-18(2,3)4/h6,8-12,20H,5,7,13-14H2,1-4H3. The molecule has 1 heterocycles. The lowest BCUT2D eigenvalue weighted by Crippen LogP contribution is -2.35. The first-order chi connectivity index (χ1) is 9.98. The van der Waals surface area contributed by atoms with Gasteiger partial charge in [-0.2, -0.15) is 0 Å². The summed E-state index contributed by atoms with van der Waals surface area (Å²) >= 11 is 0. The van der Waals surface area contributed by atoms with Crippen molar-refractivity contribution in [3.63, 3.8) is 0 Å². The van der Waals surface area contributed by atoms with Gasteiger partial charge in [0, 0.05) is 37.4 Å². The van der Waals surface area contributed by atoms with Gasteiger partial charge in [0.25, 0.3) is 0 Å². The van der Waals surface area contributed by atoms with Crippen LogP contribution < -0.4 is 5.32 Å². The predicted molar refractivity (Wildman–Crippen MR) is 88.4 cm³/mol. The van der Waals surface area contributed by atoms with E-state index in [0.717, 1.165) is 25.9 Å². The van der Waals surface area contributed by atoms with Crippen molar-refractivity contribution in [1.29, 1.82) is 0 Å². The van der Waals surface area contributed by atoms with E-state index in [0.29, 0.717) is 0 Å². The zero-order valence-corrected chi connectivity index (χ0v) is 13.7. The van der Waals surface area contributed by atoms with E-state index in [9.17, 15) is 0 Å². The molecule has 0 fully saturated rings. The predicted octanol–water partition coefficient (Wildman–Crippen LogP) is 3.77. The summed E-state index contributed by atoms with van der Waals surface area (Å²) in [5.74, 6) is 1.18. The molecule has 0 aliphatic heterocycles. The van der Waals surface area contributed by atoms with E-state index in [4.69, 9.17) is 0 Å². The second-order valence-electron chi connectivity index (χ2n) is 6.64. The third kappa shape index (κ3) is 5.01. The van der Waals surface area contributed by atoms with Crippen LogP contribution in [0, 0.1) is 0 Å². The number of aryl methyl sites for hydroxylation is 1. The van der Waals surface area contributed by atoms with Crippen molar-refractivity contribution < 1.29 is 0 Å². The lowest BCUT2D eigenvalue weighted by molar-refractivity contribution is 0.424. The van der Waals surface area contributed by atoms with E-state index in [1.54, 1.807) is 0 Å². The molecule has 0 aliphatic rings. The van der Waals surface area contributed by atoms with Crippen LogP contribution in [0.3, 0.4) is 0 Å². The van der Waals surface area contributed by atoms with Crippen LogP contribution >= 0.6 is 0 Å². The highest BCUT2D eigenvalue weighted by molar-refractivity contribution is 5.24. The lowest BCUT2D eigenvalue weighted by atomic mass is 10.1. The number of nitrogens with one attached hydrogen (secondary N) is 1. The van der Waals surface area contributed by atoms with Gasteiger partial charge in [-0.3, -0.25) is 0 Å². The molecule has 1 N–H and O–H groups in total. The van der Waals surface area contributed by atoms with E-state index in [2.05, 4.69) is 73.0 Å². The number of nitrogens with zero attached hydrogens (tertiary/aromatic N) is 2. The van der Waals surface area contributed by atoms with E-state index in [1.165, 1.54) is 17.0 Å². The Labute approximate surface area is 128 Å². The van der Waals surface area contributed by atoms with Crippen LogP contribution in [-0.4, -0.2) is 15.1 Å². The second-order valence-corrected chi connectivity index (χ2v) is 6.64. The van der Waals surface area contributed by atoms with Crippen LogP contribution in [0.15, 0.2) is 36.7 Å². The SMILES string of the molecule is CCCc1nccn1Cc1cccc(CNC(C)(C)C)c1. The largest absolute Gasteiger partial charge is 0.331 e. The molecule has 3 heteroatoms. The zero-order chi connectivity index (χ0) is 15.3. The van der Waals surface area contributed by atoms with Crippen molar-refractivity contribution in [3.8, 4) is 0 Å². The quantitative estimate of drug-likeness (QED) is 0.875. The number of hydrogen-bond acceptors (Lipinski definition) is 2. The van der Waals surface area contributed by atoms with E-state index in [1.807, 2.05) is 6.20 Å². The summed E-state index contributed by atoms with van der Waals surface area (Å²) in [5, 5.41) is 3.54. The van der Waals surface area contributed by atoms with Crippen LogP contribution in [0.5, 0.6) is 0 Å². The summed E-state index contributed by atoms with van der Waals surface area (Å²) in [6, 6.07) is 8.80. The molecule has 21 heavy (non-hydrogen) atoms. The number of rotatable bonds is 6. The first-order valence-electron chi connectivity index (χ1n) is 7.81. The number of hydrogen-bond donors (Lipinski definition) is 1. The molecule has 0 aliphatic carbocycles. The van der Waals surface area contributed by atoms with Crippen LogP contribution in [0.25, 0.3) is 0 Å². The Kier molecular flexibility index (Phi) is 5.18. The molecule has 0 unspecified atom stereocenters. The Bertz CT molecular complexity index is 564. The Morgan fingerprint density at radius 1 is 1.19 bits per heavy atom. The average molecular weight is 285 g/mol. The van der Waals surface area contributed by atoms with E-state index < -0.39 is 0 Å². The van der Waals surface area contributed by atoms with E-state index >= 15 is 0 Å². The van der Waals surface area contributed by atoms with Crippen LogP contribution in [0.1, 0.15) is 51.1 Å². The fourth-order valence-electron chi connectivity index (χ4n) is 2.34. The van der Waals surface area contributed by atoms with Gasteiger partial charge in [0.05, 0.1) is 0 Å². The van der Waals surface area contributed by atoms with Gasteiger partial charge in [-0.1, -0.05) is 31.2 Å². The summed E-state index contributed by atoms with van der Waals surface area (Å²) in [5.41, 5.74) is 2.81. The van der Waals surface area contributed by atoms with Crippen molar-refractivity contribution >= 4 is 0 Å². The Balaban J connectivity index is 2.05. The highest BCUT2D eigenvalue weighted by atomic mass is 15.1. The molecule has 114 valence electrons. The molecule has 0 bridgehead atoms. The van der Waals surface area contributed by atoms with Gasteiger partial charge in [0.15, 0.2) is 0 Å². The summed E-state index contributed by atoms with van der Waals surface area (Å²) < 4.78 is 2.25. The minimum atomic E-state index is 0.147. The summed E-state index contributed by atoms with van der Waals surface area (Å²) in [4.78, 5) is 4.44. The average Bonchev–Trinajstić information content (AvgIpc) is 2.84. The molecular weight excluding hydrogens is 258 g/mol. The van der Waals surface area contributed by atoms with Crippen LogP contribution in [0.4, 0.5) is 0 Å².